The van der Waals surface area contributed by atoms with Gasteiger partial charge < -0.3 is 0 Å². The van der Waals surface area contributed by atoms with E-state index in [0.29, 0.717) is 5.92 Å². The molecule has 0 saturated heterocycles. The Kier molecular flexibility index (Phi) is 3.12. The molecule has 0 radical (unpaired) electrons. The van der Waals surface area contributed by atoms with E-state index >= 15 is 0 Å². The van der Waals surface area contributed by atoms with Gasteiger partial charge in [-0.15, -0.1) is 0 Å². The summed E-state index contributed by atoms with van der Waals surface area (Å²) in [5.74, 6) is 0.479. The summed E-state index contributed by atoms with van der Waals surface area (Å²) in [5.41, 5.74) is 8.27. The molecule has 2 aromatic carbocycles. The first kappa shape index (κ1) is 14.2. The number of fused-ring (bicyclic) bond motifs is 3. The lowest BCUT2D eigenvalue weighted by molar-refractivity contribution is -0.597. The van der Waals surface area contributed by atoms with Crippen LogP contribution in [0.25, 0.3) is 22.0 Å². The van der Waals surface area contributed by atoms with Gasteiger partial charge in [0.1, 0.15) is 0 Å². The molecule has 114 valence electrons. The summed E-state index contributed by atoms with van der Waals surface area (Å²) in [6, 6.07) is 17.6. The number of nitrogens with zero attached hydrogens (tertiary/aromatic N) is 1. The Hall–Kier alpha value is -2.41. The summed E-state index contributed by atoms with van der Waals surface area (Å²) in [6.07, 6.45) is 2.29. The summed E-state index contributed by atoms with van der Waals surface area (Å²) in [4.78, 5) is 0. The van der Waals surface area contributed by atoms with Crippen molar-refractivity contribution < 1.29 is 4.57 Å². The number of rotatable bonds is 1. The first-order valence-corrected chi connectivity index (χ1v) is 8.30. The molecule has 1 atom stereocenters. The van der Waals surface area contributed by atoms with Crippen LogP contribution in [-0.4, -0.2) is 0 Å². The Morgan fingerprint density at radius 2 is 1.57 bits per heavy atom. The number of allylic oxidation sites excluding steroid dienone is 2. The normalized spacial score (nSPS) is 17.0. The van der Waals surface area contributed by atoms with E-state index in [1.54, 1.807) is 0 Å². The fourth-order valence-electron chi connectivity index (χ4n) is 3.77. The van der Waals surface area contributed by atoms with Gasteiger partial charge in [0.25, 0.3) is 0 Å². The molecule has 1 aromatic heterocycles. The molecule has 4 rings (SSSR count). The van der Waals surface area contributed by atoms with Crippen LogP contribution in [0.4, 0.5) is 0 Å². The standard InChI is InChI=1S/C22H22N/c1-14-9-11-19(12-10-14)23-13-18-7-5-6-8-20(18)21-16(3)15(2)17(4)22(21)23/h5-13,16H,1-4H3/q+1. The Balaban J connectivity index is 2.11. The van der Waals surface area contributed by atoms with Crippen LogP contribution < -0.4 is 4.57 Å². The minimum atomic E-state index is 0.479. The number of benzene rings is 2. The van der Waals surface area contributed by atoms with E-state index in [-0.39, 0.29) is 0 Å². The molecule has 23 heavy (non-hydrogen) atoms. The molecular weight excluding hydrogens is 278 g/mol. The molecule has 0 bridgehead atoms. The average Bonchev–Trinajstić information content (AvgIpc) is 2.80. The second-order valence-corrected chi connectivity index (χ2v) is 6.71. The molecule has 1 unspecified atom stereocenters. The van der Waals surface area contributed by atoms with E-state index in [9.17, 15) is 0 Å². The molecule has 0 amide bonds. The maximum absolute atomic E-state index is 2.37. The lowest BCUT2D eigenvalue weighted by atomic mass is 9.95. The maximum atomic E-state index is 2.37. The zero-order valence-electron chi connectivity index (χ0n) is 14.2. The highest BCUT2D eigenvalue weighted by atomic mass is 15.0. The molecule has 0 fully saturated rings. The summed E-state index contributed by atoms with van der Waals surface area (Å²) in [6.45, 7) is 9.00. The van der Waals surface area contributed by atoms with Crippen molar-refractivity contribution in [2.75, 3.05) is 0 Å². The summed E-state index contributed by atoms with van der Waals surface area (Å²) < 4.78 is 2.37. The van der Waals surface area contributed by atoms with Crippen molar-refractivity contribution in [2.45, 2.75) is 33.6 Å². The van der Waals surface area contributed by atoms with Crippen molar-refractivity contribution in [2.24, 2.45) is 0 Å². The molecule has 1 heterocycles. The Morgan fingerprint density at radius 1 is 0.870 bits per heavy atom. The smallest absolute Gasteiger partial charge is 0.159 e. The molecule has 3 aromatic rings. The van der Waals surface area contributed by atoms with Gasteiger partial charge in [-0.05, 0) is 32.2 Å². The third kappa shape index (κ3) is 2.03. The first-order chi connectivity index (χ1) is 11.1. The Bertz CT molecular complexity index is 946. The van der Waals surface area contributed by atoms with Crippen LogP contribution in [0.3, 0.4) is 0 Å². The molecular formula is C22H22N+. The van der Waals surface area contributed by atoms with E-state index < -0.39 is 0 Å². The molecule has 0 aliphatic heterocycles. The van der Waals surface area contributed by atoms with Crippen molar-refractivity contribution in [3.63, 3.8) is 0 Å². The lowest BCUT2D eigenvalue weighted by Crippen LogP contribution is -2.35. The average molecular weight is 300 g/mol. The van der Waals surface area contributed by atoms with Crippen LogP contribution in [-0.2, 0) is 0 Å². The summed E-state index contributed by atoms with van der Waals surface area (Å²) >= 11 is 0. The van der Waals surface area contributed by atoms with Crippen LogP contribution >= 0.6 is 0 Å². The molecule has 0 N–H and O–H groups in total. The van der Waals surface area contributed by atoms with Gasteiger partial charge in [0.2, 0.25) is 11.4 Å². The zero-order valence-corrected chi connectivity index (χ0v) is 14.2. The predicted molar refractivity (Wildman–Crippen MR) is 96.9 cm³/mol. The Morgan fingerprint density at radius 3 is 2.30 bits per heavy atom. The summed E-state index contributed by atoms with van der Waals surface area (Å²) in [7, 11) is 0. The maximum Gasteiger partial charge on any atom is 0.218 e. The van der Waals surface area contributed by atoms with Crippen molar-refractivity contribution in [3.05, 3.63) is 77.1 Å². The fraction of sp³-hybridized carbons (Fsp3) is 0.227. The number of aromatic nitrogens is 1. The highest BCUT2D eigenvalue weighted by Crippen LogP contribution is 2.43. The fourth-order valence-corrected chi connectivity index (χ4v) is 3.77. The van der Waals surface area contributed by atoms with Crippen LogP contribution in [0.5, 0.6) is 0 Å². The van der Waals surface area contributed by atoms with E-state index in [2.05, 4.69) is 87.0 Å². The highest BCUT2D eigenvalue weighted by molar-refractivity contribution is 5.91. The SMILES string of the molecule is CC1=C(C)C(C)c2c1[n+](-c1ccc(C)cc1)cc1ccccc21. The second kappa shape index (κ2) is 5.06. The van der Waals surface area contributed by atoms with Gasteiger partial charge in [-0.1, -0.05) is 48.4 Å². The minimum Gasteiger partial charge on any atom is -0.159 e. The predicted octanol–water partition coefficient (Wildman–Crippen LogP) is 5.34. The van der Waals surface area contributed by atoms with Crippen molar-refractivity contribution in [1.29, 1.82) is 0 Å². The first-order valence-electron chi connectivity index (χ1n) is 8.30. The van der Waals surface area contributed by atoms with Crippen LogP contribution in [0.1, 0.15) is 43.5 Å². The van der Waals surface area contributed by atoms with Gasteiger partial charge in [0.15, 0.2) is 6.20 Å². The van der Waals surface area contributed by atoms with E-state index in [0.717, 1.165) is 0 Å². The molecule has 1 aliphatic carbocycles. The van der Waals surface area contributed by atoms with Gasteiger partial charge in [0, 0.05) is 34.6 Å². The third-order valence-corrected chi connectivity index (χ3v) is 5.36. The van der Waals surface area contributed by atoms with Gasteiger partial charge in [0.05, 0.1) is 0 Å². The zero-order chi connectivity index (χ0) is 16.1. The number of pyridine rings is 1. The Labute approximate surface area is 137 Å². The number of aryl methyl sites for hydroxylation is 1. The largest absolute Gasteiger partial charge is 0.218 e. The van der Waals surface area contributed by atoms with E-state index in [1.165, 1.54) is 44.4 Å². The van der Waals surface area contributed by atoms with Gasteiger partial charge in [-0.3, -0.25) is 0 Å². The second-order valence-electron chi connectivity index (χ2n) is 6.71. The molecule has 1 aliphatic rings. The molecule has 0 saturated carbocycles. The minimum absolute atomic E-state index is 0.479. The monoisotopic (exact) mass is 300 g/mol. The number of hydrogen-bond acceptors (Lipinski definition) is 0. The molecule has 1 heteroatoms. The number of hydrogen-bond donors (Lipinski definition) is 0. The quantitative estimate of drug-likeness (QED) is 0.534. The molecule has 0 spiro atoms. The topological polar surface area (TPSA) is 3.88 Å². The van der Waals surface area contributed by atoms with Crippen molar-refractivity contribution >= 4 is 16.3 Å². The van der Waals surface area contributed by atoms with Crippen molar-refractivity contribution in [3.8, 4) is 5.69 Å². The van der Waals surface area contributed by atoms with Gasteiger partial charge >= 0.3 is 0 Å². The van der Waals surface area contributed by atoms with Crippen LogP contribution in [0.2, 0.25) is 0 Å². The lowest BCUT2D eigenvalue weighted by Gasteiger charge is -2.11. The van der Waals surface area contributed by atoms with Crippen molar-refractivity contribution in [1.82, 2.24) is 0 Å². The molecule has 1 nitrogen and oxygen atoms in total. The van der Waals surface area contributed by atoms with Gasteiger partial charge in [-0.25, -0.2) is 0 Å². The van der Waals surface area contributed by atoms with E-state index in [1.807, 2.05) is 0 Å². The van der Waals surface area contributed by atoms with Crippen LogP contribution in [0, 0.1) is 6.92 Å². The van der Waals surface area contributed by atoms with Gasteiger partial charge in [-0.2, -0.15) is 4.57 Å². The summed E-state index contributed by atoms with van der Waals surface area (Å²) in [5, 5.41) is 2.69. The van der Waals surface area contributed by atoms with E-state index in [4.69, 9.17) is 0 Å². The van der Waals surface area contributed by atoms with Crippen LogP contribution in [0.15, 0.2) is 60.3 Å². The third-order valence-electron chi connectivity index (χ3n) is 5.36. The highest BCUT2D eigenvalue weighted by Gasteiger charge is 2.34.